The SMILES string of the molecule is Cc1nccc(OCC2CN(C(=O)Nc3cnn(Cc4ccc(F)cc4)c3)CCO2)n1.O=C(O)C(F)(F)F. The standard InChI is InChI=1S/C21H23FN6O3.C2HF3O2/c1-15-23-7-6-20(25-15)31-14-19-13-27(8-9-30-19)21(29)26-18-10-24-28(12-18)11-16-2-4-17(22)5-3-16;3-2(4,5)1(6)7/h2-7,10,12,19H,8-9,11,13-14H2,1H3,(H,26,29);(H,6,7). The van der Waals surface area contributed by atoms with Crippen LogP contribution in [0.15, 0.2) is 48.9 Å². The number of ether oxygens (including phenoxy) is 2. The van der Waals surface area contributed by atoms with Crippen LogP contribution in [0, 0.1) is 12.7 Å². The molecule has 11 nitrogen and oxygen atoms in total. The maximum Gasteiger partial charge on any atom is 0.490 e. The Morgan fingerprint density at radius 1 is 1.24 bits per heavy atom. The number of nitrogens with zero attached hydrogens (tertiary/aromatic N) is 5. The average Bonchev–Trinajstić information content (AvgIpc) is 3.31. The summed E-state index contributed by atoms with van der Waals surface area (Å²) in [7, 11) is 0. The van der Waals surface area contributed by atoms with Gasteiger partial charge in [0, 0.05) is 25.0 Å². The predicted molar refractivity (Wildman–Crippen MR) is 124 cm³/mol. The summed E-state index contributed by atoms with van der Waals surface area (Å²) >= 11 is 0. The Labute approximate surface area is 214 Å². The summed E-state index contributed by atoms with van der Waals surface area (Å²) in [6, 6.07) is 7.68. The second-order valence-corrected chi connectivity index (χ2v) is 7.98. The minimum atomic E-state index is -5.08. The number of carboxylic acids is 1. The zero-order chi connectivity index (χ0) is 27.7. The van der Waals surface area contributed by atoms with Crippen LogP contribution in [-0.4, -0.2) is 80.3 Å². The Balaban J connectivity index is 0.000000505. The topological polar surface area (TPSA) is 132 Å². The number of halogens is 4. The van der Waals surface area contributed by atoms with Crippen LogP contribution in [0.2, 0.25) is 0 Å². The number of nitrogens with one attached hydrogen (secondary N) is 1. The number of carbonyl (C=O) groups is 2. The van der Waals surface area contributed by atoms with Gasteiger partial charge < -0.3 is 24.8 Å². The summed E-state index contributed by atoms with van der Waals surface area (Å²) in [5.41, 5.74) is 1.50. The number of hydrogen-bond acceptors (Lipinski definition) is 7. The number of aryl methyl sites for hydroxylation is 1. The highest BCUT2D eigenvalue weighted by atomic mass is 19.4. The molecule has 15 heteroatoms. The first-order valence-electron chi connectivity index (χ1n) is 11.2. The van der Waals surface area contributed by atoms with E-state index in [9.17, 15) is 22.4 Å². The zero-order valence-electron chi connectivity index (χ0n) is 20.1. The van der Waals surface area contributed by atoms with Crippen LogP contribution < -0.4 is 10.1 Å². The van der Waals surface area contributed by atoms with E-state index in [4.69, 9.17) is 19.4 Å². The van der Waals surface area contributed by atoms with Crippen molar-refractivity contribution in [2.75, 3.05) is 31.6 Å². The van der Waals surface area contributed by atoms with E-state index in [1.807, 2.05) is 0 Å². The summed E-state index contributed by atoms with van der Waals surface area (Å²) in [5.74, 6) is -1.93. The summed E-state index contributed by atoms with van der Waals surface area (Å²) in [6.45, 7) is 3.87. The van der Waals surface area contributed by atoms with Crippen molar-refractivity contribution in [1.29, 1.82) is 0 Å². The van der Waals surface area contributed by atoms with E-state index >= 15 is 0 Å². The van der Waals surface area contributed by atoms with Crippen molar-refractivity contribution in [1.82, 2.24) is 24.6 Å². The maximum atomic E-state index is 13.0. The number of rotatable bonds is 6. The number of aliphatic carboxylic acids is 1. The quantitative estimate of drug-likeness (QED) is 0.456. The Hall–Kier alpha value is -4.27. The molecule has 2 aromatic heterocycles. The monoisotopic (exact) mass is 540 g/mol. The molecule has 0 saturated carbocycles. The van der Waals surface area contributed by atoms with Gasteiger partial charge in [-0.1, -0.05) is 12.1 Å². The van der Waals surface area contributed by atoms with Gasteiger partial charge in [-0.05, 0) is 24.6 Å². The molecular weight excluding hydrogens is 516 g/mol. The van der Waals surface area contributed by atoms with Crippen LogP contribution in [-0.2, 0) is 16.1 Å². The molecule has 3 heterocycles. The first-order valence-corrected chi connectivity index (χ1v) is 11.2. The molecule has 0 bridgehead atoms. The zero-order valence-corrected chi connectivity index (χ0v) is 20.1. The van der Waals surface area contributed by atoms with Crippen LogP contribution in [0.3, 0.4) is 0 Å². The smallest absolute Gasteiger partial charge is 0.475 e. The van der Waals surface area contributed by atoms with E-state index in [0.29, 0.717) is 43.6 Å². The fraction of sp³-hybridized carbons (Fsp3) is 0.348. The molecule has 38 heavy (non-hydrogen) atoms. The van der Waals surface area contributed by atoms with E-state index < -0.39 is 12.1 Å². The summed E-state index contributed by atoms with van der Waals surface area (Å²) in [6.07, 6.45) is -0.384. The van der Waals surface area contributed by atoms with Gasteiger partial charge in [0.25, 0.3) is 0 Å². The number of urea groups is 1. The number of anilines is 1. The number of hydrogen-bond donors (Lipinski definition) is 2. The molecule has 1 unspecified atom stereocenters. The van der Waals surface area contributed by atoms with Gasteiger partial charge in [0.15, 0.2) is 0 Å². The summed E-state index contributed by atoms with van der Waals surface area (Å²) in [4.78, 5) is 31.5. The van der Waals surface area contributed by atoms with E-state index in [1.165, 1.54) is 12.1 Å². The highest BCUT2D eigenvalue weighted by Crippen LogP contribution is 2.14. The molecular formula is C23H24F4N6O5. The minimum Gasteiger partial charge on any atom is -0.475 e. The first kappa shape index (κ1) is 28.3. The van der Waals surface area contributed by atoms with Crippen molar-refractivity contribution in [2.45, 2.75) is 25.7 Å². The van der Waals surface area contributed by atoms with Crippen LogP contribution in [0.4, 0.5) is 28.0 Å². The van der Waals surface area contributed by atoms with Crippen LogP contribution in [0.1, 0.15) is 11.4 Å². The number of benzene rings is 1. The molecule has 2 amide bonds. The lowest BCUT2D eigenvalue weighted by Crippen LogP contribution is -2.49. The molecule has 0 spiro atoms. The molecule has 4 rings (SSSR count). The Morgan fingerprint density at radius 2 is 1.95 bits per heavy atom. The van der Waals surface area contributed by atoms with Gasteiger partial charge in [0.05, 0.1) is 31.6 Å². The van der Waals surface area contributed by atoms with Gasteiger partial charge in [-0.15, -0.1) is 0 Å². The van der Waals surface area contributed by atoms with Crippen molar-refractivity contribution in [3.8, 4) is 5.88 Å². The van der Waals surface area contributed by atoms with Crippen molar-refractivity contribution in [3.05, 3.63) is 66.1 Å². The van der Waals surface area contributed by atoms with Crippen LogP contribution in [0.5, 0.6) is 5.88 Å². The maximum absolute atomic E-state index is 13.0. The van der Waals surface area contributed by atoms with E-state index in [-0.39, 0.29) is 24.6 Å². The lowest BCUT2D eigenvalue weighted by molar-refractivity contribution is -0.192. The first-order chi connectivity index (χ1) is 18.0. The lowest BCUT2D eigenvalue weighted by atomic mass is 10.2. The Kier molecular flexibility index (Phi) is 9.54. The van der Waals surface area contributed by atoms with Crippen molar-refractivity contribution >= 4 is 17.7 Å². The second kappa shape index (κ2) is 12.8. The molecule has 1 atom stereocenters. The number of amides is 2. The number of carbonyl (C=O) groups excluding carboxylic acids is 1. The third-order valence-corrected chi connectivity index (χ3v) is 4.98. The van der Waals surface area contributed by atoms with Gasteiger partial charge in [-0.3, -0.25) is 4.68 Å². The number of carboxylic acid groups (broad SMARTS) is 1. The molecule has 1 saturated heterocycles. The minimum absolute atomic E-state index is 0.229. The average molecular weight is 540 g/mol. The van der Waals surface area contributed by atoms with Crippen molar-refractivity contribution in [3.63, 3.8) is 0 Å². The molecule has 204 valence electrons. The van der Waals surface area contributed by atoms with E-state index in [1.54, 1.807) is 53.3 Å². The fourth-order valence-corrected chi connectivity index (χ4v) is 3.19. The van der Waals surface area contributed by atoms with Gasteiger partial charge >= 0.3 is 18.2 Å². The molecule has 3 aromatic rings. The highest BCUT2D eigenvalue weighted by Gasteiger charge is 2.38. The third kappa shape index (κ3) is 8.99. The van der Waals surface area contributed by atoms with Crippen LogP contribution in [0.25, 0.3) is 0 Å². The third-order valence-electron chi connectivity index (χ3n) is 4.98. The van der Waals surface area contributed by atoms with Gasteiger partial charge in [0.2, 0.25) is 5.88 Å². The largest absolute Gasteiger partial charge is 0.490 e. The van der Waals surface area contributed by atoms with E-state index in [2.05, 4.69) is 20.4 Å². The van der Waals surface area contributed by atoms with Gasteiger partial charge in [-0.2, -0.15) is 23.3 Å². The molecule has 1 aliphatic rings. The highest BCUT2D eigenvalue weighted by molar-refractivity contribution is 5.89. The van der Waals surface area contributed by atoms with Crippen molar-refractivity contribution in [2.24, 2.45) is 0 Å². The fourth-order valence-electron chi connectivity index (χ4n) is 3.19. The van der Waals surface area contributed by atoms with Crippen molar-refractivity contribution < 1.29 is 41.7 Å². The Bertz CT molecular complexity index is 1220. The Morgan fingerprint density at radius 3 is 2.61 bits per heavy atom. The predicted octanol–water partition coefficient (Wildman–Crippen LogP) is 3.11. The molecule has 1 aromatic carbocycles. The van der Waals surface area contributed by atoms with Crippen LogP contribution >= 0.6 is 0 Å². The second-order valence-electron chi connectivity index (χ2n) is 7.98. The van der Waals surface area contributed by atoms with Gasteiger partial charge in [0.1, 0.15) is 24.4 Å². The van der Waals surface area contributed by atoms with Gasteiger partial charge in [-0.25, -0.2) is 19.0 Å². The summed E-state index contributed by atoms with van der Waals surface area (Å²) in [5, 5.41) is 14.2. The molecule has 1 fully saturated rings. The summed E-state index contributed by atoms with van der Waals surface area (Å²) < 4.78 is 57.8. The lowest BCUT2D eigenvalue weighted by Gasteiger charge is -2.32. The molecule has 0 aliphatic carbocycles. The molecule has 0 radical (unpaired) electrons. The normalized spacial score (nSPS) is 15.3. The number of alkyl halides is 3. The number of morpholine rings is 1. The molecule has 2 N–H and O–H groups in total. The van der Waals surface area contributed by atoms with E-state index in [0.717, 1.165) is 5.56 Å². The molecule has 1 aliphatic heterocycles. The number of aromatic nitrogens is 4.